The van der Waals surface area contributed by atoms with Gasteiger partial charge < -0.3 is 5.11 Å². The van der Waals surface area contributed by atoms with Crippen molar-refractivity contribution in [3.05, 3.63) is 0 Å². The largest absolute Gasteiger partial charge is 0.391 e. The molecule has 0 aliphatic carbocycles. The average Bonchev–Trinajstić information content (AvgIpc) is 2.24. The zero-order valence-electron chi connectivity index (χ0n) is 7.45. The smallest absolute Gasteiger partial charge is 0.0698 e. The summed E-state index contributed by atoms with van der Waals surface area (Å²) in [4.78, 5) is 2.59. The lowest BCUT2D eigenvalue weighted by atomic mass is 9.88. The highest BCUT2D eigenvalue weighted by Gasteiger charge is 2.49. The van der Waals surface area contributed by atoms with E-state index in [1.807, 2.05) is 0 Å². The number of hydrogen-bond acceptors (Lipinski definition) is 2. The van der Waals surface area contributed by atoms with E-state index in [2.05, 4.69) is 4.90 Å². The molecule has 1 unspecified atom stereocenters. The van der Waals surface area contributed by atoms with E-state index < -0.39 is 0 Å². The second-order valence-corrected chi connectivity index (χ2v) is 4.66. The Labute approximate surface area is 73.6 Å². The van der Waals surface area contributed by atoms with Crippen LogP contribution in [0, 0.1) is 5.92 Å². The third kappa shape index (κ3) is 0.826. The molecule has 0 aromatic heterocycles. The van der Waals surface area contributed by atoms with Gasteiger partial charge in [0.1, 0.15) is 0 Å². The maximum absolute atomic E-state index is 9.86. The molecule has 0 saturated carbocycles. The first-order chi connectivity index (χ1) is 5.86. The quantitative estimate of drug-likeness (QED) is 0.581. The Morgan fingerprint density at radius 3 is 2.92 bits per heavy atom. The van der Waals surface area contributed by atoms with Crippen molar-refractivity contribution in [2.24, 2.45) is 5.92 Å². The van der Waals surface area contributed by atoms with Crippen molar-refractivity contribution in [2.45, 2.75) is 50.3 Å². The molecule has 0 aromatic rings. The normalized spacial score (nSPS) is 57.2. The van der Waals surface area contributed by atoms with Crippen molar-refractivity contribution in [1.29, 1.82) is 0 Å². The van der Waals surface area contributed by atoms with Gasteiger partial charge in [-0.3, -0.25) is 4.90 Å². The third-order valence-electron chi connectivity index (χ3n) is 4.09. The van der Waals surface area contributed by atoms with Crippen LogP contribution >= 0.6 is 0 Å². The Bertz CT molecular complexity index is 194. The molecule has 3 aliphatic heterocycles. The Kier molecular flexibility index (Phi) is 1.50. The Balaban J connectivity index is 1.92. The summed E-state index contributed by atoms with van der Waals surface area (Å²) in [6.07, 6.45) is 6.41. The monoisotopic (exact) mass is 167 g/mol. The molecule has 12 heavy (non-hydrogen) atoms. The average molecular weight is 167 g/mol. The summed E-state index contributed by atoms with van der Waals surface area (Å²) in [7, 11) is 0. The second-order valence-electron chi connectivity index (χ2n) is 4.66. The zero-order valence-corrected chi connectivity index (χ0v) is 7.45. The first-order valence-corrected chi connectivity index (χ1v) is 5.30. The van der Waals surface area contributed by atoms with E-state index in [1.54, 1.807) is 0 Å². The minimum atomic E-state index is -0.00551. The number of aliphatic hydroxyl groups is 1. The van der Waals surface area contributed by atoms with E-state index in [-0.39, 0.29) is 6.10 Å². The highest BCUT2D eigenvalue weighted by Crippen LogP contribution is 2.44. The van der Waals surface area contributed by atoms with E-state index in [0.29, 0.717) is 6.04 Å². The van der Waals surface area contributed by atoms with Gasteiger partial charge >= 0.3 is 0 Å². The fourth-order valence-electron chi connectivity index (χ4n) is 3.65. The number of rotatable bonds is 0. The van der Waals surface area contributed by atoms with Crippen LogP contribution in [-0.2, 0) is 0 Å². The molecule has 0 aromatic carbocycles. The van der Waals surface area contributed by atoms with Gasteiger partial charge in [0.25, 0.3) is 0 Å². The van der Waals surface area contributed by atoms with Crippen LogP contribution < -0.4 is 0 Å². The number of aliphatic hydroxyl groups excluding tert-OH is 1. The van der Waals surface area contributed by atoms with Crippen LogP contribution in [0.4, 0.5) is 0 Å². The molecule has 0 amide bonds. The van der Waals surface area contributed by atoms with Crippen LogP contribution in [0.25, 0.3) is 0 Å². The van der Waals surface area contributed by atoms with Gasteiger partial charge in [-0.25, -0.2) is 0 Å². The number of nitrogens with zero attached hydrogens (tertiary/aromatic N) is 1. The van der Waals surface area contributed by atoms with Crippen LogP contribution in [0.1, 0.15) is 32.1 Å². The maximum Gasteiger partial charge on any atom is 0.0698 e. The molecule has 68 valence electrons. The molecule has 3 rings (SSSR count). The lowest BCUT2D eigenvalue weighted by molar-refractivity contribution is -0.0129. The molecule has 3 heterocycles. The Morgan fingerprint density at radius 2 is 2.08 bits per heavy atom. The molecule has 2 heteroatoms. The molecule has 3 saturated heterocycles. The summed E-state index contributed by atoms with van der Waals surface area (Å²) in [6.45, 7) is 1.25. The highest BCUT2D eigenvalue weighted by molar-refractivity contribution is 5.03. The van der Waals surface area contributed by atoms with E-state index in [4.69, 9.17) is 0 Å². The summed E-state index contributed by atoms with van der Waals surface area (Å²) in [6, 6.07) is 1.39. The van der Waals surface area contributed by atoms with Crippen molar-refractivity contribution in [3.8, 4) is 0 Å². The molecule has 0 radical (unpaired) electrons. The molecule has 3 fully saturated rings. The predicted molar refractivity (Wildman–Crippen MR) is 46.9 cm³/mol. The van der Waals surface area contributed by atoms with Gasteiger partial charge in [0, 0.05) is 12.1 Å². The summed E-state index contributed by atoms with van der Waals surface area (Å²) >= 11 is 0. The van der Waals surface area contributed by atoms with E-state index >= 15 is 0 Å². The first kappa shape index (κ1) is 7.34. The lowest BCUT2D eigenvalue weighted by Gasteiger charge is -2.41. The van der Waals surface area contributed by atoms with Crippen molar-refractivity contribution in [3.63, 3.8) is 0 Å². The summed E-state index contributed by atoms with van der Waals surface area (Å²) < 4.78 is 0. The number of piperidine rings is 2. The molecule has 4 bridgehead atoms. The highest BCUT2D eigenvalue weighted by atomic mass is 16.3. The van der Waals surface area contributed by atoms with Crippen LogP contribution in [0.2, 0.25) is 0 Å². The molecule has 5 atom stereocenters. The summed E-state index contributed by atoms with van der Waals surface area (Å²) in [5, 5.41) is 9.86. The van der Waals surface area contributed by atoms with Crippen molar-refractivity contribution in [2.75, 3.05) is 6.54 Å². The van der Waals surface area contributed by atoms with Crippen LogP contribution in [0.3, 0.4) is 0 Å². The zero-order chi connectivity index (χ0) is 8.13. The lowest BCUT2D eigenvalue weighted by Crippen LogP contribution is -2.51. The molecular weight excluding hydrogens is 150 g/mol. The second kappa shape index (κ2) is 2.46. The summed E-state index contributed by atoms with van der Waals surface area (Å²) in [5.41, 5.74) is 0. The first-order valence-electron chi connectivity index (χ1n) is 5.30. The maximum atomic E-state index is 9.86. The van der Waals surface area contributed by atoms with Gasteiger partial charge in [-0.1, -0.05) is 0 Å². The van der Waals surface area contributed by atoms with Crippen LogP contribution in [0.15, 0.2) is 0 Å². The van der Waals surface area contributed by atoms with Gasteiger partial charge in [-0.05, 0) is 44.6 Å². The Hall–Kier alpha value is -0.0800. The molecule has 3 aliphatic rings. The number of hydrogen-bond donors (Lipinski definition) is 1. The Morgan fingerprint density at radius 1 is 1.17 bits per heavy atom. The van der Waals surface area contributed by atoms with Crippen molar-refractivity contribution in [1.82, 2.24) is 4.90 Å². The van der Waals surface area contributed by atoms with Crippen LogP contribution in [-0.4, -0.2) is 34.7 Å². The summed E-state index contributed by atoms with van der Waals surface area (Å²) in [5.74, 6) is 0.834. The van der Waals surface area contributed by atoms with Gasteiger partial charge in [-0.15, -0.1) is 0 Å². The van der Waals surface area contributed by atoms with Crippen molar-refractivity contribution < 1.29 is 5.11 Å². The van der Waals surface area contributed by atoms with Gasteiger partial charge in [0.15, 0.2) is 0 Å². The SMILES string of the molecule is O[C@H]1CC[C@H]2C[C@H]3CCCN2[C@H]31. The van der Waals surface area contributed by atoms with E-state index in [1.165, 1.54) is 32.2 Å². The topological polar surface area (TPSA) is 23.5 Å². The fraction of sp³-hybridized carbons (Fsp3) is 1.00. The minimum Gasteiger partial charge on any atom is -0.391 e. The van der Waals surface area contributed by atoms with Gasteiger partial charge in [-0.2, -0.15) is 0 Å². The molecule has 1 N–H and O–H groups in total. The van der Waals surface area contributed by atoms with Crippen molar-refractivity contribution >= 4 is 0 Å². The van der Waals surface area contributed by atoms with Gasteiger partial charge in [0.2, 0.25) is 0 Å². The third-order valence-corrected chi connectivity index (χ3v) is 4.09. The molecule has 2 nitrogen and oxygen atoms in total. The molecular formula is C10H17NO. The van der Waals surface area contributed by atoms with Crippen LogP contribution in [0.5, 0.6) is 0 Å². The van der Waals surface area contributed by atoms with Gasteiger partial charge in [0.05, 0.1) is 6.10 Å². The standard InChI is InChI=1S/C10H17NO/c12-9-4-3-8-6-7-2-1-5-11(8)10(7)9/h7-10,12H,1-6H2/t7-,8+,9+,10-/m1/s1. The fourth-order valence-corrected chi connectivity index (χ4v) is 3.65. The predicted octanol–water partition coefficient (Wildman–Crippen LogP) is 0.994. The van der Waals surface area contributed by atoms with E-state index in [0.717, 1.165) is 18.4 Å². The van der Waals surface area contributed by atoms with E-state index in [9.17, 15) is 5.11 Å². The molecule has 0 spiro atoms. The minimum absolute atomic E-state index is 0.00551.